The van der Waals surface area contributed by atoms with Gasteiger partial charge in [0.1, 0.15) is 5.82 Å². The van der Waals surface area contributed by atoms with Gasteiger partial charge in [-0.25, -0.2) is 4.98 Å². The molecule has 3 rings (SSSR count). The Labute approximate surface area is 147 Å². The van der Waals surface area contributed by atoms with Crippen molar-refractivity contribution in [2.45, 2.75) is 27.2 Å². The molecule has 2 atom stereocenters. The molecule has 2 aromatic rings. The summed E-state index contributed by atoms with van der Waals surface area (Å²) < 4.78 is 1.95. The number of hydrogen-bond acceptors (Lipinski definition) is 3. The molecule has 1 saturated heterocycles. The van der Waals surface area contributed by atoms with E-state index in [2.05, 4.69) is 4.98 Å². The minimum absolute atomic E-state index is 0.104. The molecule has 3 heterocycles. The molecule has 0 radical (unpaired) electrons. The van der Waals surface area contributed by atoms with E-state index in [9.17, 15) is 14.7 Å². The van der Waals surface area contributed by atoms with E-state index in [1.807, 2.05) is 49.6 Å². The predicted molar refractivity (Wildman–Crippen MR) is 93.8 cm³/mol. The molecule has 0 bridgehead atoms. The number of carbonyl (C=O) groups excluding carboxylic acids is 1. The van der Waals surface area contributed by atoms with Crippen LogP contribution in [0.2, 0.25) is 0 Å². The first-order valence-electron chi connectivity index (χ1n) is 8.51. The molecule has 1 N–H and O–H groups in total. The molecule has 2 unspecified atom stereocenters. The van der Waals surface area contributed by atoms with E-state index < -0.39 is 11.9 Å². The first kappa shape index (κ1) is 17.2. The van der Waals surface area contributed by atoms with Gasteiger partial charge in [-0.3, -0.25) is 9.59 Å². The SMILES string of the molecule is Cc1cc(C(=O)N2CC(C)CC(C(=O)O)C2)c(C)n1-c1ccccn1. The number of pyridine rings is 1. The highest BCUT2D eigenvalue weighted by Crippen LogP contribution is 2.26. The van der Waals surface area contributed by atoms with Crippen LogP contribution in [0.4, 0.5) is 0 Å². The molecule has 1 aliphatic heterocycles. The van der Waals surface area contributed by atoms with Crippen molar-refractivity contribution in [1.82, 2.24) is 14.5 Å². The van der Waals surface area contributed by atoms with E-state index in [0.717, 1.165) is 17.2 Å². The van der Waals surface area contributed by atoms with Crippen molar-refractivity contribution in [3.8, 4) is 5.82 Å². The van der Waals surface area contributed by atoms with Gasteiger partial charge < -0.3 is 14.6 Å². The molecule has 0 aromatic carbocycles. The Bertz CT molecular complexity index is 798. The lowest BCUT2D eigenvalue weighted by molar-refractivity contribution is -0.143. The summed E-state index contributed by atoms with van der Waals surface area (Å²) >= 11 is 0. The number of aliphatic carboxylic acids is 1. The van der Waals surface area contributed by atoms with Gasteiger partial charge in [0.05, 0.1) is 11.5 Å². The highest BCUT2D eigenvalue weighted by atomic mass is 16.4. The van der Waals surface area contributed by atoms with E-state index in [4.69, 9.17) is 0 Å². The van der Waals surface area contributed by atoms with Gasteiger partial charge in [0.25, 0.3) is 5.91 Å². The van der Waals surface area contributed by atoms with Crippen molar-refractivity contribution in [1.29, 1.82) is 0 Å². The van der Waals surface area contributed by atoms with Crippen molar-refractivity contribution < 1.29 is 14.7 Å². The fourth-order valence-corrected chi connectivity index (χ4v) is 3.68. The second-order valence-electron chi connectivity index (χ2n) is 6.89. The van der Waals surface area contributed by atoms with Gasteiger partial charge in [0, 0.05) is 30.7 Å². The number of carboxylic acids is 1. The average molecular weight is 341 g/mol. The molecule has 0 spiro atoms. The van der Waals surface area contributed by atoms with E-state index in [1.165, 1.54) is 0 Å². The molecule has 2 aromatic heterocycles. The Balaban J connectivity index is 1.92. The highest BCUT2D eigenvalue weighted by Gasteiger charge is 2.33. The number of carbonyl (C=O) groups is 2. The van der Waals surface area contributed by atoms with Crippen LogP contribution in [0, 0.1) is 25.7 Å². The fraction of sp³-hybridized carbons (Fsp3) is 0.421. The molecule has 132 valence electrons. The van der Waals surface area contributed by atoms with E-state index >= 15 is 0 Å². The lowest BCUT2D eigenvalue weighted by Crippen LogP contribution is -2.45. The first-order chi connectivity index (χ1) is 11.9. The van der Waals surface area contributed by atoms with Crippen molar-refractivity contribution >= 4 is 11.9 Å². The Morgan fingerprint density at radius 3 is 2.64 bits per heavy atom. The Morgan fingerprint density at radius 1 is 1.24 bits per heavy atom. The Kier molecular flexibility index (Phi) is 4.61. The van der Waals surface area contributed by atoms with Crippen molar-refractivity contribution in [2.24, 2.45) is 11.8 Å². The molecule has 1 amide bonds. The van der Waals surface area contributed by atoms with Gasteiger partial charge in [0.2, 0.25) is 0 Å². The monoisotopic (exact) mass is 341 g/mol. The quantitative estimate of drug-likeness (QED) is 0.931. The van der Waals surface area contributed by atoms with Crippen LogP contribution in [0.1, 0.15) is 35.1 Å². The topological polar surface area (TPSA) is 75.4 Å². The van der Waals surface area contributed by atoms with E-state index in [-0.39, 0.29) is 18.4 Å². The van der Waals surface area contributed by atoms with Crippen LogP contribution >= 0.6 is 0 Å². The number of likely N-dealkylation sites (tertiary alicyclic amines) is 1. The van der Waals surface area contributed by atoms with Crippen LogP contribution in [0.5, 0.6) is 0 Å². The third-order valence-corrected chi connectivity index (χ3v) is 4.84. The van der Waals surface area contributed by atoms with Gasteiger partial charge in [0.15, 0.2) is 0 Å². The van der Waals surface area contributed by atoms with Gasteiger partial charge in [-0.05, 0) is 44.4 Å². The summed E-state index contributed by atoms with van der Waals surface area (Å²) in [5.74, 6) is -0.478. The van der Waals surface area contributed by atoms with Crippen LogP contribution in [-0.2, 0) is 4.79 Å². The number of nitrogens with zero attached hydrogens (tertiary/aromatic N) is 3. The molecule has 1 aliphatic rings. The number of carboxylic acid groups (broad SMARTS) is 1. The minimum Gasteiger partial charge on any atom is -0.481 e. The number of aryl methyl sites for hydroxylation is 1. The van der Waals surface area contributed by atoms with Crippen molar-refractivity contribution in [2.75, 3.05) is 13.1 Å². The summed E-state index contributed by atoms with van der Waals surface area (Å²) in [5.41, 5.74) is 2.37. The number of hydrogen-bond donors (Lipinski definition) is 1. The zero-order valence-electron chi connectivity index (χ0n) is 14.8. The van der Waals surface area contributed by atoms with Gasteiger partial charge in [-0.15, -0.1) is 0 Å². The molecule has 1 fully saturated rings. The van der Waals surface area contributed by atoms with Crippen LogP contribution < -0.4 is 0 Å². The average Bonchev–Trinajstić information content (AvgIpc) is 2.88. The third-order valence-electron chi connectivity index (χ3n) is 4.84. The Morgan fingerprint density at radius 2 is 2.00 bits per heavy atom. The molecule has 25 heavy (non-hydrogen) atoms. The smallest absolute Gasteiger partial charge is 0.308 e. The van der Waals surface area contributed by atoms with Crippen molar-refractivity contribution in [3.05, 3.63) is 47.4 Å². The number of amides is 1. The third kappa shape index (κ3) is 3.29. The second-order valence-corrected chi connectivity index (χ2v) is 6.89. The number of piperidine rings is 1. The lowest BCUT2D eigenvalue weighted by atomic mass is 9.90. The largest absolute Gasteiger partial charge is 0.481 e. The van der Waals surface area contributed by atoms with E-state index in [1.54, 1.807) is 11.1 Å². The van der Waals surface area contributed by atoms with E-state index in [0.29, 0.717) is 18.5 Å². The van der Waals surface area contributed by atoms with Crippen molar-refractivity contribution in [3.63, 3.8) is 0 Å². The zero-order chi connectivity index (χ0) is 18.1. The maximum atomic E-state index is 13.0. The molecule has 0 aliphatic carbocycles. The highest BCUT2D eigenvalue weighted by molar-refractivity contribution is 5.96. The predicted octanol–water partition coefficient (Wildman–Crippen LogP) is 2.67. The van der Waals surface area contributed by atoms with Crippen LogP contribution in [-0.4, -0.2) is 44.5 Å². The Hall–Kier alpha value is -2.63. The minimum atomic E-state index is -0.830. The molecule has 6 nitrogen and oxygen atoms in total. The molecule has 0 saturated carbocycles. The molecule has 6 heteroatoms. The summed E-state index contributed by atoms with van der Waals surface area (Å²) in [5, 5.41) is 9.33. The first-order valence-corrected chi connectivity index (χ1v) is 8.51. The maximum Gasteiger partial charge on any atom is 0.308 e. The second kappa shape index (κ2) is 6.70. The summed E-state index contributed by atoms with van der Waals surface area (Å²) in [6, 6.07) is 7.52. The fourth-order valence-electron chi connectivity index (χ4n) is 3.68. The molecular weight excluding hydrogens is 318 g/mol. The van der Waals surface area contributed by atoms with Gasteiger partial charge in [-0.1, -0.05) is 13.0 Å². The lowest BCUT2D eigenvalue weighted by Gasteiger charge is -2.34. The maximum absolute atomic E-state index is 13.0. The number of aromatic nitrogens is 2. The van der Waals surface area contributed by atoms with Crippen LogP contribution in [0.3, 0.4) is 0 Å². The normalized spacial score (nSPS) is 20.5. The summed E-state index contributed by atoms with van der Waals surface area (Å²) in [7, 11) is 0. The number of rotatable bonds is 3. The van der Waals surface area contributed by atoms with Crippen LogP contribution in [0.15, 0.2) is 30.5 Å². The summed E-state index contributed by atoms with van der Waals surface area (Å²) in [6.07, 6.45) is 2.34. The molecular formula is C19H23N3O3. The summed E-state index contributed by atoms with van der Waals surface area (Å²) in [4.78, 5) is 30.4. The van der Waals surface area contributed by atoms with Crippen LogP contribution in [0.25, 0.3) is 5.82 Å². The summed E-state index contributed by atoms with van der Waals surface area (Å²) in [6.45, 7) is 6.70. The zero-order valence-corrected chi connectivity index (χ0v) is 14.8. The standard InChI is InChI=1S/C19H23N3O3/c1-12-8-15(19(24)25)11-21(10-12)18(23)16-9-13(2)22(14(16)3)17-6-4-5-7-20-17/h4-7,9,12,15H,8,10-11H2,1-3H3,(H,24,25). The van der Waals surface area contributed by atoms with Gasteiger partial charge in [-0.2, -0.15) is 0 Å². The van der Waals surface area contributed by atoms with Gasteiger partial charge >= 0.3 is 5.97 Å².